The normalized spacial score (nSPS) is 17.6. The van der Waals surface area contributed by atoms with Gasteiger partial charge in [-0.1, -0.05) is 60.7 Å². The van der Waals surface area contributed by atoms with E-state index in [0.29, 0.717) is 23.4 Å². The quantitative estimate of drug-likeness (QED) is 0.411. The molecule has 0 fully saturated rings. The summed E-state index contributed by atoms with van der Waals surface area (Å²) in [5, 5.41) is 4.04. The Labute approximate surface area is 173 Å². The standard InChI is InChI=1S/C25H20N2O3/c1-30-24(29)25(23(28)19-12-5-7-13-21(19)26-25)20-16-27(15-17-9-3-2-4-10-17)22-14-8-6-11-18(20)22/h2-14,16,26H,15H2,1H3. The Morgan fingerprint density at radius 3 is 2.43 bits per heavy atom. The number of ketones is 1. The zero-order chi connectivity index (χ0) is 20.7. The molecule has 1 atom stereocenters. The second kappa shape index (κ2) is 6.88. The molecule has 0 saturated heterocycles. The van der Waals surface area contributed by atoms with Gasteiger partial charge in [-0.2, -0.15) is 0 Å². The van der Waals surface area contributed by atoms with Crippen molar-refractivity contribution in [3.8, 4) is 0 Å². The number of esters is 1. The Balaban J connectivity index is 1.73. The molecule has 3 aromatic carbocycles. The molecule has 0 saturated carbocycles. The van der Waals surface area contributed by atoms with E-state index in [-0.39, 0.29) is 5.78 Å². The Kier molecular flexibility index (Phi) is 4.17. The second-order valence-corrected chi connectivity index (χ2v) is 7.41. The largest absolute Gasteiger partial charge is 0.467 e. The summed E-state index contributed by atoms with van der Waals surface area (Å²) in [4.78, 5) is 26.7. The zero-order valence-electron chi connectivity index (χ0n) is 16.5. The van der Waals surface area contributed by atoms with Crippen molar-refractivity contribution in [3.05, 3.63) is 102 Å². The van der Waals surface area contributed by atoms with E-state index < -0.39 is 11.5 Å². The number of para-hydroxylation sites is 2. The molecule has 0 aliphatic carbocycles. The van der Waals surface area contributed by atoms with E-state index >= 15 is 0 Å². The highest BCUT2D eigenvalue weighted by molar-refractivity contribution is 6.26. The molecular formula is C25H20N2O3. The van der Waals surface area contributed by atoms with Gasteiger partial charge in [-0.15, -0.1) is 0 Å². The minimum absolute atomic E-state index is 0.299. The summed E-state index contributed by atoms with van der Waals surface area (Å²) in [7, 11) is 1.31. The first-order valence-corrected chi connectivity index (χ1v) is 9.78. The molecule has 1 aliphatic heterocycles. The second-order valence-electron chi connectivity index (χ2n) is 7.41. The van der Waals surface area contributed by atoms with E-state index in [1.165, 1.54) is 7.11 Å². The number of aromatic nitrogens is 1. The minimum Gasteiger partial charge on any atom is -0.467 e. The third-order valence-corrected chi connectivity index (χ3v) is 5.71. The van der Waals surface area contributed by atoms with Gasteiger partial charge in [0.25, 0.3) is 0 Å². The lowest BCUT2D eigenvalue weighted by atomic mass is 9.85. The number of Topliss-reactive ketones (excluding diaryl/α,β-unsaturated/α-hetero) is 1. The number of ether oxygens (including phenoxy) is 1. The number of nitrogens with zero attached hydrogens (tertiary/aromatic N) is 1. The number of rotatable bonds is 4. The van der Waals surface area contributed by atoms with Gasteiger partial charge in [-0.25, -0.2) is 4.79 Å². The summed E-state index contributed by atoms with van der Waals surface area (Å²) in [6.45, 7) is 0.625. The van der Waals surface area contributed by atoms with Crippen molar-refractivity contribution in [1.29, 1.82) is 0 Å². The minimum atomic E-state index is -1.61. The molecule has 30 heavy (non-hydrogen) atoms. The topological polar surface area (TPSA) is 60.3 Å². The molecule has 0 spiro atoms. The third-order valence-electron chi connectivity index (χ3n) is 5.71. The van der Waals surface area contributed by atoms with Crippen LogP contribution in [0.5, 0.6) is 0 Å². The van der Waals surface area contributed by atoms with Crippen LogP contribution in [0.3, 0.4) is 0 Å². The lowest BCUT2D eigenvalue weighted by Crippen LogP contribution is -2.47. The van der Waals surface area contributed by atoms with Crippen molar-refractivity contribution in [2.75, 3.05) is 12.4 Å². The van der Waals surface area contributed by atoms with Crippen LogP contribution in [0, 0.1) is 0 Å². The van der Waals surface area contributed by atoms with Gasteiger partial charge in [0.15, 0.2) is 0 Å². The van der Waals surface area contributed by atoms with Crippen molar-refractivity contribution < 1.29 is 14.3 Å². The van der Waals surface area contributed by atoms with Crippen LogP contribution in [0.1, 0.15) is 21.5 Å². The Bertz CT molecular complexity index is 1280. The first-order valence-electron chi connectivity index (χ1n) is 9.78. The lowest BCUT2D eigenvalue weighted by molar-refractivity contribution is -0.144. The molecule has 5 rings (SSSR count). The fourth-order valence-electron chi connectivity index (χ4n) is 4.30. The molecule has 1 N–H and O–H groups in total. The Hall–Kier alpha value is -3.86. The van der Waals surface area contributed by atoms with E-state index in [4.69, 9.17) is 4.74 Å². The number of anilines is 1. The molecule has 2 heterocycles. The molecule has 0 amide bonds. The molecule has 0 bridgehead atoms. The molecule has 148 valence electrons. The van der Waals surface area contributed by atoms with Crippen LogP contribution < -0.4 is 5.32 Å². The van der Waals surface area contributed by atoms with Crippen LogP contribution in [-0.4, -0.2) is 23.4 Å². The number of carbonyl (C=O) groups is 2. The summed E-state index contributed by atoms with van der Waals surface area (Å²) < 4.78 is 7.21. The number of hydrogen-bond donors (Lipinski definition) is 1. The molecule has 1 aromatic heterocycles. The highest BCUT2D eigenvalue weighted by atomic mass is 16.5. The average Bonchev–Trinajstić information content (AvgIpc) is 3.30. The van der Waals surface area contributed by atoms with Crippen LogP contribution >= 0.6 is 0 Å². The van der Waals surface area contributed by atoms with Crippen molar-refractivity contribution in [1.82, 2.24) is 4.57 Å². The van der Waals surface area contributed by atoms with Gasteiger partial charge < -0.3 is 14.6 Å². The summed E-state index contributed by atoms with van der Waals surface area (Å²) >= 11 is 0. The fourth-order valence-corrected chi connectivity index (χ4v) is 4.30. The highest BCUT2D eigenvalue weighted by Gasteiger charge is 2.55. The summed E-state index contributed by atoms with van der Waals surface area (Å²) in [6, 6.07) is 25.1. The number of hydrogen-bond acceptors (Lipinski definition) is 4. The Morgan fingerprint density at radius 1 is 0.967 bits per heavy atom. The number of methoxy groups -OCH3 is 1. The van der Waals surface area contributed by atoms with Gasteiger partial charge in [0.1, 0.15) is 0 Å². The fraction of sp³-hybridized carbons (Fsp3) is 0.120. The summed E-state index contributed by atoms with van der Waals surface area (Å²) in [5.74, 6) is -0.918. The maximum atomic E-state index is 13.6. The Morgan fingerprint density at radius 2 is 1.67 bits per heavy atom. The van der Waals surface area contributed by atoms with Crippen LogP contribution in [0.25, 0.3) is 10.9 Å². The van der Waals surface area contributed by atoms with Crippen molar-refractivity contribution in [2.45, 2.75) is 12.1 Å². The molecule has 1 aliphatic rings. The van der Waals surface area contributed by atoms with Crippen LogP contribution in [0.15, 0.2) is 85.1 Å². The SMILES string of the molecule is COC(=O)C1(c2cn(Cc3ccccc3)c3ccccc23)Nc2ccccc2C1=O. The number of benzene rings is 3. The van der Waals surface area contributed by atoms with E-state index in [1.54, 1.807) is 18.2 Å². The van der Waals surface area contributed by atoms with E-state index in [1.807, 2.05) is 54.7 Å². The smallest absolute Gasteiger partial charge is 0.344 e. The van der Waals surface area contributed by atoms with Crippen molar-refractivity contribution >= 4 is 28.3 Å². The van der Waals surface area contributed by atoms with Gasteiger partial charge in [-0.05, 0) is 23.8 Å². The van der Waals surface area contributed by atoms with Gasteiger partial charge in [0.05, 0.1) is 7.11 Å². The zero-order valence-corrected chi connectivity index (χ0v) is 16.5. The molecule has 1 unspecified atom stereocenters. The van der Waals surface area contributed by atoms with Crippen molar-refractivity contribution in [3.63, 3.8) is 0 Å². The molecule has 5 heteroatoms. The number of nitrogens with one attached hydrogen (secondary N) is 1. The number of carbonyl (C=O) groups excluding carboxylic acids is 2. The molecule has 0 radical (unpaired) electrons. The predicted molar refractivity (Wildman–Crippen MR) is 116 cm³/mol. The average molecular weight is 396 g/mol. The third kappa shape index (κ3) is 2.55. The van der Waals surface area contributed by atoms with E-state index in [9.17, 15) is 9.59 Å². The van der Waals surface area contributed by atoms with Crippen LogP contribution in [0.2, 0.25) is 0 Å². The predicted octanol–water partition coefficient (Wildman–Crippen LogP) is 4.37. The van der Waals surface area contributed by atoms with E-state index in [2.05, 4.69) is 22.0 Å². The van der Waals surface area contributed by atoms with Crippen LogP contribution in [0.4, 0.5) is 5.69 Å². The maximum absolute atomic E-state index is 13.6. The maximum Gasteiger partial charge on any atom is 0.344 e. The van der Waals surface area contributed by atoms with Gasteiger partial charge in [0.2, 0.25) is 11.3 Å². The van der Waals surface area contributed by atoms with E-state index in [0.717, 1.165) is 16.5 Å². The highest BCUT2D eigenvalue weighted by Crippen LogP contribution is 2.43. The first kappa shape index (κ1) is 18.2. The molecule has 5 nitrogen and oxygen atoms in total. The molecule has 4 aromatic rings. The van der Waals surface area contributed by atoms with Crippen molar-refractivity contribution in [2.24, 2.45) is 0 Å². The van der Waals surface area contributed by atoms with Gasteiger partial charge in [-0.3, -0.25) is 4.79 Å². The van der Waals surface area contributed by atoms with Gasteiger partial charge in [0, 0.05) is 40.5 Å². The summed E-state index contributed by atoms with van der Waals surface area (Å²) in [5.41, 5.74) is 2.19. The molecular weight excluding hydrogens is 376 g/mol. The van der Waals surface area contributed by atoms with Gasteiger partial charge >= 0.3 is 5.97 Å². The lowest BCUT2D eigenvalue weighted by Gasteiger charge is -2.25. The summed E-state index contributed by atoms with van der Waals surface area (Å²) in [6.07, 6.45) is 1.89. The monoisotopic (exact) mass is 396 g/mol. The van der Waals surface area contributed by atoms with Crippen LogP contribution in [-0.2, 0) is 21.6 Å². The first-order chi connectivity index (χ1) is 14.6. The number of fused-ring (bicyclic) bond motifs is 2.